The van der Waals surface area contributed by atoms with Gasteiger partial charge in [0.25, 0.3) is 0 Å². The van der Waals surface area contributed by atoms with E-state index < -0.39 is 11.9 Å². The number of aliphatic carboxylic acids is 1. The first kappa shape index (κ1) is 15.0. The van der Waals surface area contributed by atoms with Crippen LogP contribution in [0.2, 0.25) is 0 Å². The van der Waals surface area contributed by atoms with Crippen LogP contribution in [0, 0.1) is 0 Å². The number of carbonyl (C=O) groups excluding carboxylic acids is 2. The van der Waals surface area contributed by atoms with Crippen LogP contribution in [0.15, 0.2) is 34.4 Å². The largest absolute Gasteiger partial charge is 0.545 e. The molecule has 0 spiro atoms. The highest BCUT2D eigenvalue weighted by atomic mass is 79.9. The van der Waals surface area contributed by atoms with Crippen molar-refractivity contribution < 1.29 is 24.2 Å². The number of anilines is 1. The van der Waals surface area contributed by atoms with E-state index in [0.29, 0.717) is 17.5 Å². The molecule has 0 aliphatic heterocycles. The quantitative estimate of drug-likeness (QED) is 0.631. The van der Waals surface area contributed by atoms with Crippen LogP contribution < -0.4 is 15.2 Å². The summed E-state index contributed by atoms with van der Waals surface area (Å²) < 4.78 is 10.3. The Morgan fingerprint density at radius 1 is 1.37 bits per heavy atom. The molecule has 1 aromatic carbocycles. The summed E-state index contributed by atoms with van der Waals surface area (Å²) in [5, 5.41) is 13.2. The minimum atomic E-state index is -1.51. The third kappa shape index (κ3) is 4.29. The molecule has 0 unspecified atom stereocenters. The number of ether oxygens (including phenoxy) is 2. The molecule has 1 N–H and O–H groups in total. The topological polar surface area (TPSA) is 87.7 Å². The highest BCUT2D eigenvalue weighted by Gasteiger charge is 2.13. The first-order valence-corrected chi connectivity index (χ1v) is 5.88. The van der Waals surface area contributed by atoms with Gasteiger partial charge in [0.1, 0.15) is 11.4 Å². The predicted octanol–water partition coefficient (Wildman–Crippen LogP) is 0.676. The van der Waals surface area contributed by atoms with Gasteiger partial charge < -0.3 is 24.7 Å². The maximum absolute atomic E-state index is 11.4. The Balaban J connectivity index is 3.12. The van der Waals surface area contributed by atoms with Crippen molar-refractivity contribution in [2.45, 2.75) is 0 Å². The average molecular weight is 329 g/mol. The van der Waals surface area contributed by atoms with Crippen molar-refractivity contribution in [2.24, 2.45) is 0 Å². The summed E-state index contributed by atoms with van der Waals surface area (Å²) in [4.78, 5) is 22.0. The minimum absolute atomic E-state index is 0.265. The van der Waals surface area contributed by atoms with Crippen LogP contribution in [-0.4, -0.2) is 26.2 Å². The summed E-state index contributed by atoms with van der Waals surface area (Å²) in [5.41, 5.74) is 0.147. The van der Waals surface area contributed by atoms with E-state index in [1.165, 1.54) is 7.11 Å². The summed E-state index contributed by atoms with van der Waals surface area (Å²) in [7, 11) is 2.60. The van der Waals surface area contributed by atoms with Crippen molar-refractivity contribution in [3.8, 4) is 5.75 Å². The summed E-state index contributed by atoms with van der Waals surface area (Å²) in [6, 6.07) is 5.02. The molecule has 102 valence electrons. The average Bonchev–Trinajstić information content (AvgIpc) is 2.36. The minimum Gasteiger partial charge on any atom is -0.545 e. The number of nitrogens with one attached hydrogen (secondary N) is 1. The normalized spacial score (nSPS) is 10.8. The number of halogens is 1. The van der Waals surface area contributed by atoms with Crippen molar-refractivity contribution in [2.75, 3.05) is 19.5 Å². The van der Waals surface area contributed by atoms with Gasteiger partial charge in [0, 0.05) is 4.47 Å². The van der Waals surface area contributed by atoms with Gasteiger partial charge in [0.2, 0.25) is 0 Å². The van der Waals surface area contributed by atoms with E-state index in [-0.39, 0.29) is 5.70 Å². The number of carboxylic acids is 1. The van der Waals surface area contributed by atoms with Crippen LogP contribution in [0.3, 0.4) is 0 Å². The highest BCUT2D eigenvalue weighted by molar-refractivity contribution is 9.10. The Morgan fingerprint density at radius 3 is 2.58 bits per heavy atom. The Morgan fingerprint density at radius 2 is 2.05 bits per heavy atom. The fourth-order valence-electron chi connectivity index (χ4n) is 1.30. The van der Waals surface area contributed by atoms with Crippen LogP contribution in [0.5, 0.6) is 5.75 Å². The molecule has 0 fully saturated rings. The molecule has 0 aliphatic carbocycles. The summed E-state index contributed by atoms with van der Waals surface area (Å²) in [6.45, 7) is 0. The zero-order valence-corrected chi connectivity index (χ0v) is 11.8. The standard InChI is InChI=1S/C12H12BrNO5/c1-18-10-4-3-7(13)5-8(10)14-9(6-11(15)16)12(17)19-2/h3-6,14H,1-2H3,(H,15,16)/p-1. The molecule has 0 atom stereocenters. The lowest BCUT2D eigenvalue weighted by molar-refractivity contribution is -0.297. The van der Waals surface area contributed by atoms with Crippen LogP contribution >= 0.6 is 15.9 Å². The molecule has 0 saturated carbocycles. The van der Waals surface area contributed by atoms with Crippen LogP contribution in [-0.2, 0) is 14.3 Å². The van der Waals surface area contributed by atoms with Crippen molar-refractivity contribution in [3.05, 3.63) is 34.4 Å². The van der Waals surface area contributed by atoms with Gasteiger partial charge in [-0.2, -0.15) is 0 Å². The summed E-state index contributed by atoms with van der Waals surface area (Å²) >= 11 is 3.26. The lowest BCUT2D eigenvalue weighted by Gasteiger charge is -2.13. The maximum atomic E-state index is 11.4. The van der Waals surface area contributed by atoms with E-state index >= 15 is 0 Å². The summed E-state index contributed by atoms with van der Waals surface area (Å²) in [6.07, 6.45) is 0.617. The number of carbonyl (C=O) groups is 2. The van der Waals surface area contributed by atoms with Gasteiger partial charge in [-0.3, -0.25) is 0 Å². The van der Waals surface area contributed by atoms with E-state index in [9.17, 15) is 14.7 Å². The molecule has 0 aliphatic rings. The fraction of sp³-hybridized carbons (Fsp3) is 0.167. The third-order valence-electron chi connectivity index (χ3n) is 2.10. The molecule has 0 amide bonds. The van der Waals surface area contributed by atoms with Crippen LogP contribution in [0.1, 0.15) is 0 Å². The molecular weight excluding hydrogens is 318 g/mol. The van der Waals surface area contributed by atoms with E-state index in [2.05, 4.69) is 26.0 Å². The van der Waals surface area contributed by atoms with Crippen molar-refractivity contribution in [1.82, 2.24) is 0 Å². The molecular formula is C12H11BrNO5-. The van der Waals surface area contributed by atoms with Gasteiger partial charge in [0.05, 0.1) is 25.9 Å². The van der Waals surface area contributed by atoms with Gasteiger partial charge >= 0.3 is 5.97 Å². The number of carboxylic acid groups (broad SMARTS) is 1. The highest BCUT2D eigenvalue weighted by Crippen LogP contribution is 2.29. The van der Waals surface area contributed by atoms with Gasteiger partial charge in [0.15, 0.2) is 0 Å². The number of benzene rings is 1. The van der Waals surface area contributed by atoms with Crippen LogP contribution in [0.4, 0.5) is 5.69 Å². The smallest absolute Gasteiger partial charge is 0.354 e. The number of hydrogen-bond acceptors (Lipinski definition) is 6. The second-order valence-electron chi connectivity index (χ2n) is 3.34. The Hall–Kier alpha value is -2.02. The molecule has 7 heteroatoms. The van der Waals surface area contributed by atoms with E-state index in [0.717, 1.165) is 11.6 Å². The molecule has 1 rings (SSSR count). The number of esters is 1. The monoisotopic (exact) mass is 328 g/mol. The molecule has 6 nitrogen and oxygen atoms in total. The van der Waals surface area contributed by atoms with Gasteiger partial charge in [-0.15, -0.1) is 0 Å². The van der Waals surface area contributed by atoms with E-state index in [4.69, 9.17) is 4.74 Å². The lowest BCUT2D eigenvalue weighted by atomic mass is 10.2. The molecule has 0 heterocycles. The number of methoxy groups -OCH3 is 2. The molecule has 19 heavy (non-hydrogen) atoms. The van der Waals surface area contributed by atoms with Crippen molar-refractivity contribution in [3.63, 3.8) is 0 Å². The lowest BCUT2D eigenvalue weighted by Crippen LogP contribution is -2.23. The molecule has 0 aromatic heterocycles. The third-order valence-corrected chi connectivity index (χ3v) is 2.59. The van der Waals surface area contributed by atoms with Crippen molar-refractivity contribution in [1.29, 1.82) is 0 Å². The Bertz CT molecular complexity index is 527. The van der Waals surface area contributed by atoms with Crippen LogP contribution in [0.25, 0.3) is 0 Å². The molecule has 1 aromatic rings. The van der Waals surface area contributed by atoms with Gasteiger partial charge in [-0.05, 0) is 24.3 Å². The first-order valence-electron chi connectivity index (χ1n) is 5.09. The number of rotatable bonds is 5. The second-order valence-corrected chi connectivity index (χ2v) is 4.25. The molecule has 0 radical (unpaired) electrons. The fourth-order valence-corrected chi connectivity index (χ4v) is 1.66. The van der Waals surface area contributed by atoms with E-state index in [1.54, 1.807) is 18.2 Å². The predicted molar refractivity (Wildman–Crippen MR) is 69.4 cm³/mol. The summed E-state index contributed by atoms with van der Waals surface area (Å²) in [5.74, 6) is -1.90. The Kier molecular flexibility index (Phi) is 5.37. The van der Waals surface area contributed by atoms with Crippen molar-refractivity contribution >= 4 is 33.6 Å². The number of hydrogen-bond donors (Lipinski definition) is 1. The SMILES string of the molecule is COC(=O)C(=CC(=O)[O-])Nc1cc(Br)ccc1OC. The van der Waals surface area contributed by atoms with Gasteiger partial charge in [-0.1, -0.05) is 15.9 Å². The molecule has 0 saturated heterocycles. The molecule has 0 bridgehead atoms. The first-order chi connectivity index (χ1) is 8.97. The zero-order chi connectivity index (χ0) is 14.4. The van der Waals surface area contributed by atoms with Gasteiger partial charge in [-0.25, -0.2) is 4.79 Å². The Labute approximate surface area is 118 Å². The zero-order valence-electron chi connectivity index (χ0n) is 10.2. The maximum Gasteiger partial charge on any atom is 0.354 e. The second kappa shape index (κ2) is 6.79. The van der Waals surface area contributed by atoms with E-state index in [1.807, 2.05) is 0 Å².